The van der Waals surface area contributed by atoms with Crippen molar-refractivity contribution in [3.63, 3.8) is 0 Å². The van der Waals surface area contributed by atoms with Gasteiger partial charge in [-0.1, -0.05) is 49.7 Å². The summed E-state index contributed by atoms with van der Waals surface area (Å²) in [6.45, 7) is 2.16. The SMILES string of the molecule is CCC[C@@]1(O)CC[C@@]2(Cc3ccccc3)c3ccc(C(=O)Nc4cccnc4)cc3CC[C@@H]2C1. The molecule has 3 aromatic rings. The standard InChI is InChI=1S/C30H34N2O2/c1-2-14-29(34)15-16-30(19-22-7-4-3-5-8-22)25(20-29)12-10-23-18-24(11-13-27(23)30)28(33)32-26-9-6-17-31-21-26/h3-9,11,13,17-18,21,25,34H,2,10,12,14-16,19-20H2,1H3,(H,32,33)/t25-,29-,30+/m1/s1. The fourth-order valence-corrected chi connectivity index (χ4v) is 6.53. The molecule has 0 bridgehead atoms. The summed E-state index contributed by atoms with van der Waals surface area (Å²) in [5.41, 5.74) is 4.87. The zero-order valence-electron chi connectivity index (χ0n) is 20.0. The number of nitrogens with one attached hydrogen (secondary N) is 1. The van der Waals surface area contributed by atoms with Gasteiger partial charge in [-0.15, -0.1) is 0 Å². The highest BCUT2D eigenvalue weighted by Crippen LogP contribution is 2.55. The molecule has 2 aliphatic rings. The molecule has 0 unspecified atom stereocenters. The zero-order valence-corrected chi connectivity index (χ0v) is 20.0. The van der Waals surface area contributed by atoms with E-state index in [0.717, 1.165) is 51.4 Å². The molecule has 1 saturated carbocycles. The summed E-state index contributed by atoms with van der Waals surface area (Å²) < 4.78 is 0. The number of aromatic nitrogens is 1. The van der Waals surface area contributed by atoms with Gasteiger partial charge in [0.15, 0.2) is 0 Å². The van der Waals surface area contributed by atoms with Gasteiger partial charge >= 0.3 is 0 Å². The number of aryl methyl sites for hydroxylation is 1. The van der Waals surface area contributed by atoms with E-state index in [0.29, 0.717) is 17.2 Å². The van der Waals surface area contributed by atoms with E-state index in [1.165, 1.54) is 16.7 Å². The summed E-state index contributed by atoms with van der Waals surface area (Å²) in [7, 11) is 0. The first-order valence-corrected chi connectivity index (χ1v) is 12.6. The van der Waals surface area contributed by atoms with E-state index in [4.69, 9.17) is 0 Å². The van der Waals surface area contributed by atoms with Crippen LogP contribution in [0.1, 0.15) is 72.5 Å². The molecule has 4 heteroatoms. The molecule has 1 heterocycles. The number of amides is 1. The van der Waals surface area contributed by atoms with E-state index in [2.05, 4.69) is 59.7 Å². The molecule has 4 nitrogen and oxygen atoms in total. The smallest absolute Gasteiger partial charge is 0.255 e. The highest BCUT2D eigenvalue weighted by Gasteiger charge is 2.51. The quantitative estimate of drug-likeness (QED) is 0.474. The Hall–Kier alpha value is -2.98. The van der Waals surface area contributed by atoms with Crippen molar-refractivity contribution in [2.75, 3.05) is 5.32 Å². The van der Waals surface area contributed by atoms with Gasteiger partial charge in [-0.05, 0) is 91.8 Å². The van der Waals surface area contributed by atoms with Gasteiger partial charge in [0.05, 0.1) is 17.5 Å². The van der Waals surface area contributed by atoms with E-state index < -0.39 is 5.60 Å². The maximum atomic E-state index is 12.9. The van der Waals surface area contributed by atoms with Crippen molar-refractivity contribution < 1.29 is 9.90 Å². The summed E-state index contributed by atoms with van der Waals surface area (Å²) in [5, 5.41) is 14.3. The lowest BCUT2D eigenvalue weighted by molar-refractivity contribution is -0.0565. The molecule has 5 rings (SSSR count). The topological polar surface area (TPSA) is 62.2 Å². The normalized spacial score (nSPS) is 25.8. The van der Waals surface area contributed by atoms with Gasteiger partial charge < -0.3 is 10.4 Å². The van der Waals surface area contributed by atoms with Crippen LogP contribution >= 0.6 is 0 Å². The van der Waals surface area contributed by atoms with E-state index in [9.17, 15) is 9.90 Å². The number of aliphatic hydroxyl groups is 1. The highest BCUT2D eigenvalue weighted by molar-refractivity contribution is 6.04. The molecule has 2 aliphatic carbocycles. The molecule has 1 fully saturated rings. The first-order valence-electron chi connectivity index (χ1n) is 12.6. The molecule has 2 N–H and O–H groups in total. The number of pyridine rings is 1. The summed E-state index contributed by atoms with van der Waals surface area (Å²) >= 11 is 0. The zero-order chi connectivity index (χ0) is 23.6. The van der Waals surface area contributed by atoms with Gasteiger partial charge in [-0.25, -0.2) is 0 Å². The maximum Gasteiger partial charge on any atom is 0.255 e. The number of carbonyl (C=O) groups excluding carboxylic acids is 1. The first-order chi connectivity index (χ1) is 16.5. The number of hydrogen-bond donors (Lipinski definition) is 2. The Morgan fingerprint density at radius 3 is 2.74 bits per heavy atom. The molecule has 2 aromatic carbocycles. The third-order valence-corrected chi connectivity index (χ3v) is 8.11. The number of carbonyl (C=O) groups is 1. The molecule has 176 valence electrons. The van der Waals surface area contributed by atoms with Crippen molar-refractivity contribution in [3.05, 3.63) is 95.3 Å². The third-order valence-electron chi connectivity index (χ3n) is 8.11. The first kappa shape index (κ1) is 22.8. The molecule has 1 amide bonds. The predicted molar refractivity (Wildman–Crippen MR) is 136 cm³/mol. The lowest BCUT2D eigenvalue weighted by atomic mass is 9.52. The number of anilines is 1. The van der Waals surface area contributed by atoms with Crippen molar-refractivity contribution in [1.29, 1.82) is 0 Å². The van der Waals surface area contributed by atoms with Crippen molar-refractivity contribution >= 4 is 11.6 Å². The average Bonchev–Trinajstić information content (AvgIpc) is 2.85. The molecule has 3 atom stereocenters. The van der Waals surface area contributed by atoms with Crippen LogP contribution in [0.4, 0.5) is 5.69 Å². The molecule has 0 spiro atoms. The van der Waals surface area contributed by atoms with E-state index in [-0.39, 0.29) is 11.3 Å². The Kier molecular flexibility index (Phi) is 6.26. The van der Waals surface area contributed by atoms with Crippen LogP contribution in [0.15, 0.2) is 73.1 Å². The fourth-order valence-electron chi connectivity index (χ4n) is 6.53. The number of fused-ring (bicyclic) bond motifs is 3. The summed E-state index contributed by atoms with van der Waals surface area (Å²) in [6.07, 6.45) is 10.9. The Morgan fingerprint density at radius 2 is 1.97 bits per heavy atom. The van der Waals surface area contributed by atoms with Crippen LogP contribution in [0.5, 0.6) is 0 Å². The van der Waals surface area contributed by atoms with Gasteiger partial charge in [0.25, 0.3) is 5.91 Å². The molecular formula is C30H34N2O2. The second-order valence-corrected chi connectivity index (χ2v) is 10.3. The number of benzene rings is 2. The minimum absolute atomic E-state index is 0.00721. The van der Waals surface area contributed by atoms with Crippen molar-refractivity contribution in [2.45, 2.75) is 69.3 Å². The van der Waals surface area contributed by atoms with Crippen LogP contribution in [-0.2, 0) is 18.3 Å². The predicted octanol–water partition coefficient (Wildman–Crippen LogP) is 6.09. The number of hydrogen-bond acceptors (Lipinski definition) is 3. The average molecular weight is 455 g/mol. The van der Waals surface area contributed by atoms with Gasteiger partial charge in [0, 0.05) is 17.2 Å². The van der Waals surface area contributed by atoms with E-state index >= 15 is 0 Å². The molecule has 0 radical (unpaired) electrons. The van der Waals surface area contributed by atoms with Crippen molar-refractivity contribution in [1.82, 2.24) is 4.98 Å². The Balaban J connectivity index is 1.49. The summed E-state index contributed by atoms with van der Waals surface area (Å²) in [6, 6.07) is 20.7. The van der Waals surface area contributed by atoms with E-state index in [1.807, 2.05) is 18.2 Å². The lowest BCUT2D eigenvalue weighted by Crippen LogP contribution is -2.51. The Bertz CT molecular complexity index is 1150. The Morgan fingerprint density at radius 1 is 1.12 bits per heavy atom. The second kappa shape index (κ2) is 9.34. The second-order valence-electron chi connectivity index (χ2n) is 10.3. The van der Waals surface area contributed by atoms with Crippen LogP contribution in [0.25, 0.3) is 0 Å². The van der Waals surface area contributed by atoms with Crippen LogP contribution < -0.4 is 5.32 Å². The molecule has 0 aliphatic heterocycles. The van der Waals surface area contributed by atoms with E-state index in [1.54, 1.807) is 12.4 Å². The maximum absolute atomic E-state index is 12.9. The Labute approximate surface area is 202 Å². The molecule has 1 aromatic heterocycles. The third kappa shape index (κ3) is 4.39. The minimum atomic E-state index is -0.541. The number of rotatable bonds is 6. The van der Waals surface area contributed by atoms with Gasteiger partial charge in [-0.3, -0.25) is 9.78 Å². The van der Waals surface area contributed by atoms with Crippen LogP contribution in [0, 0.1) is 5.92 Å². The minimum Gasteiger partial charge on any atom is -0.390 e. The summed E-state index contributed by atoms with van der Waals surface area (Å²) in [4.78, 5) is 17.0. The monoisotopic (exact) mass is 454 g/mol. The van der Waals surface area contributed by atoms with Gasteiger partial charge in [0.2, 0.25) is 0 Å². The fraction of sp³-hybridized carbons (Fsp3) is 0.400. The van der Waals surface area contributed by atoms with Gasteiger partial charge in [-0.2, -0.15) is 0 Å². The van der Waals surface area contributed by atoms with Crippen LogP contribution in [0.3, 0.4) is 0 Å². The highest BCUT2D eigenvalue weighted by atomic mass is 16.3. The van der Waals surface area contributed by atoms with Gasteiger partial charge in [0.1, 0.15) is 0 Å². The summed E-state index contributed by atoms with van der Waals surface area (Å²) in [5.74, 6) is 0.344. The molecule has 34 heavy (non-hydrogen) atoms. The lowest BCUT2D eigenvalue weighted by Gasteiger charge is -2.53. The van der Waals surface area contributed by atoms with Crippen molar-refractivity contribution in [2.24, 2.45) is 5.92 Å². The number of nitrogens with zero attached hydrogens (tertiary/aromatic N) is 1. The molecular weight excluding hydrogens is 420 g/mol. The molecule has 0 saturated heterocycles. The van der Waals surface area contributed by atoms with Crippen LogP contribution in [-0.4, -0.2) is 21.6 Å². The van der Waals surface area contributed by atoms with Crippen molar-refractivity contribution in [3.8, 4) is 0 Å². The largest absolute Gasteiger partial charge is 0.390 e. The van der Waals surface area contributed by atoms with Crippen LogP contribution in [0.2, 0.25) is 0 Å².